The van der Waals surface area contributed by atoms with Crippen molar-refractivity contribution in [2.45, 2.75) is 77.8 Å². The summed E-state index contributed by atoms with van der Waals surface area (Å²) in [7, 11) is 1.21. The van der Waals surface area contributed by atoms with Gasteiger partial charge in [0.25, 0.3) is 0 Å². The molecule has 1 saturated carbocycles. The van der Waals surface area contributed by atoms with Crippen LogP contribution in [0.3, 0.4) is 0 Å². The molecule has 9 heteroatoms. The molecular weight excluding hydrogens is 418 g/mol. The summed E-state index contributed by atoms with van der Waals surface area (Å²) in [6.45, 7) is 7.47. The summed E-state index contributed by atoms with van der Waals surface area (Å²) >= 11 is 0. The standard InChI is InChI=1S/C23H39NO8/c1-14(21(29)24-11-12-32-22(30)15-7-6-8-15)13-17(26)20(31-5)19(28)18(27)16(25)9-10-23(2,3)4/h9-10,14-16,18-20,25,27-28H,6-8,11-13H2,1-5H3,(H,24,29)/b10-9+/t14-,16-,18+,19-,20+/m1/s1. The molecule has 0 aliphatic heterocycles. The molecule has 1 rings (SSSR count). The smallest absolute Gasteiger partial charge is 0.308 e. The van der Waals surface area contributed by atoms with Gasteiger partial charge in [0, 0.05) is 19.4 Å². The summed E-state index contributed by atoms with van der Waals surface area (Å²) in [5, 5.41) is 33.3. The second-order valence-corrected chi connectivity index (χ2v) is 9.51. The Morgan fingerprint density at radius 2 is 1.75 bits per heavy atom. The monoisotopic (exact) mass is 457 g/mol. The Morgan fingerprint density at radius 3 is 2.25 bits per heavy atom. The molecule has 0 unspecified atom stereocenters. The number of Topliss-reactive ketones (excluding diaryl/α,β-unsaturated/α-hetero) is 1. The fourth-order valence-electron chi connectivity index (χ4n) is 3.12. The Hall–Kier alpha value is -1.81. The van der Waals surface area contributed by atoms with E-state index in [1.165, 1.54) is 13.2 Å². The van der Waals surface area contributed by atoms with Crippen LogP contribution in [0.15, 0.2) is 12.2 Å². The maximum atomic E-state index is 12.6. The van der Waals surface area contributed by atoms with Gasteiger partial charge in [0.15, 0.2) is 5.78 Å². The van der Waals surface area contributed by atoms with Crippen molar-refractivity contribution in [3.63, 3.8) is 0 Å². The molecule has 0 aromatic carbocycles. The van der Waals surface area contributed by atoms with Gasteiger partial charge in [0.1, 0.15) is 31.0 Å². The van der Waals surface area contributed by atoms with Crippen molar-refractivity contribution in [3.05, 3.63) is 12.2 Å². The molecule has 0 heterocycles. The molecule has 5 atom stereocenters. The summed E-state index contributed by atoms with van der Waals surface area (Å²) in [6.07, 6.45) is -0.575. The number of amides is 1. The Bertz CT molecular complexity index is 653. The molecule has 9 nitrogen and oxygen atoms in total. The zero-order chi connectivity index (χ0) is 24.5. The highest BCUT2D eigenvalue weighted by molar-refractivity contribution is 5.89. The minimum Gasteiger partial charge on any atom is -0.464 e. The minimum atomic E-state index is -1.67. The maximum Gasteiger partial charge on any atom is 0.308 e. The van der Waals surface area contributed by atoms with Crippen molar-refractivity contribution >= 4 is 17.7 Å². The first-order valence-electron chi connectivity index (χ1n) is 11.1. The molecule has 0 radical (unpaired) electrons. The summed E-state index contributed by atoms with van der Waals surface area (Å²) < 4.78 is 10.2. The van der Waals surface area contributed by atoms with Crippen LogP contribution in [0.1, 0.15) is 53.4 Å². The minimum absolute atomic E-state index is 0.0301. The third-order valence-corrected chi connectivity index (χ3v) is 5.41. The molecule has 1 aliphatic rings. The average Bonchev–Trinajstić information content (AvgIpc) is 2.66. The first-order valence-corrected chi connectivity index (χ1v) is 11.1. The van der Waals surface area contributed by atoms with Gasteiger partial charge in [-0.2, -0.15) is 0 Å². The van der Waals surface area contributed by atoms with Gasteiger partial charge in [0.2, 0.25) is 5.91 Å². The number of aliphatic hydroxyl groups is 3. The van der Waals surface area contributed by atoms with E-state index in [1.807, 2.05) is 20.8 Å². The predicted molar refractivity (Wildman–Crippen MR) is 118 cm³/mol. The van der Waals surface area contributed by atoms with Crippen LogP contribution >= 0.6 is 0 Å². The highest BCUT2D eigenvalue weighted by atomic mass is 16.5. The molecule has 184 valence electrons. The van der Waals surface area contributed by atoms with Crippen molar-refractivity contribution in [2.75, 3.05) is 20.3 Å². The van der Waals surface area contributed by atoms with Gasteiger partial charge in [-0.15, -0.1) is 0 Å². The Balaban J connectivity index is 2.48. The second kappa shape index (κ2) is 13.0. The number of carbonyl (C=O) groups excluding carboxylic acids is 3. The lowest BCUT2D eigenvalue weighted by molar-refractivity contribution is -0.151. The van der Waals surface area contributed by atoms with Crippen molar-refractivity contribution < 1.29 is 39.2 Å². The Labute approximate surface area is 190 Å². The molecule has 4 N–H and O–H groups in total. The van der Waals surface area contributed by atoms with Crippen LogP contribution in [0.2, 0.25) is 0 Å². The van der Waals surface area contributed by atoms with Crippen LogP contribution in [-0.4, -0.2) is 77.7 Å². The molecule has 0 aromatic heterocycles. The number of ether oxygens (including phenoxy) is 2. The molecular formula is C23H39NO8. The maximum absolute atomic E-state index is 12.6. The van der Waals surface area contributed by atoms with Crippen molar-refractivity contribution in [1.82, 2.24) is 5.32 Å². The molecule has 1 fully saturated rings. The molecule has 1 amide bonds. The lowest BCUT2D eigenvalue weighted by atomic mass is 9.86. The lowest BCUT2D eigenvalue weighted by Gasteiger charge is -2.27. The van der Waals surface area contributed by atoms with Crippen LogP contribution in [-0.2, 0) is 23.9 Å². The summed E-state index contributed by atoms with van der Waals surface area (Å²) in [4.78, 5) is 36.4. The van der Waals surface area contributed by atoms with E-state index in [0.717, 1.165) is 19.3 Å². The number of methoxy groups -OCH3 is 1. The van der Waals surface area contributed by atoms with E-state index >= 15 is 0 Å². The third-order valence-electron chi connectivity index (χ3n) is 5.41. The molecule has 0 saturated heterocycles. The fraction of sp³-hybridized carbons (Fsp3) is 0.783. The van der Waals surface area contributed by atoms with Crippen LogP contribution in [0.4, 0.5) is 0 Å². The highest BCUT2D eigenvalue weighted by Gasteiger charge is 2.36. The third kappa shape index (κ3) is 9.36. The topological polar surface area (TPSA) is 142 Å². The molecule has 0 bridgehead atoms. The molecule has 0 spiro atoms. The van der Waals surface area contributed by atoms with E-state index in [1.54, 1.807) is 13.0 Å². The number of carbonyl (C=O) groups is 3. The van der Waals surface area contributed by atoms with E-state index in [2.05, 4.69) is 5.32 Å². The largest absolute Gasteiger partial charge is 0.464 e. The van der Waals surface area contributed by atoms with E-state index < -0.39 is 42.0 Å². The second-order valence-electron chi connectivity index (χ2n) is 9.51. The summed E-state index contributed by atoms with van der Waals surface area (Å²) in [5.74, 6) is -1.99. The zero-order valence-corrected chi connectivity index (χ0v) is 19.7. The van der Waals surface area contributed by atoms with Crippen molar-refractivity contribution in [2.24, 2.45) is 17.3 Å². The van der Waals surface area contributed by atoms with Crippen LogP contribution in [0.25, 0.3) is 0 Å². The number of esters is 1. The normalized spacial score (nSPS) is 19.5. The zero-order valence-electron chi connectivity index (χ0n) is 19.7. The van der Waals surface area contributed by atoms with E-state index in [0.29, 0.717) is 0 Å². The number of rotatable bonds is 13. The van der Waals surface area contributed by atoms with Gasteiger partial charge in [-0.05, 0) is 18.3 Å². The quantitative estimate of drug-likeness (QED) is 0.180. The average molecular weight is 458 g/mol. The van der Waals surface area contributed by atoms with E-state index in [9.17, 15) is 29.7 Å². The Morgan fingerprint density at radius 1 is 1.12 bits per heavy atom. The number of nitrogens with one attached hydrogen (secondary N) is 1. The van der Waals surface area contributed by atoms with Crippen LogP contribution in [0.5, 0.6) is 0 Å². The van der Waals surface area contributed by atoms with E-state index in [4.69, 9.17) is 9.47 Å². The van der Waals surface area contributed by atoms with Gasteiger partial charge in [-0.25, -0.2) is 0 Å². The van der Waals surface area contributed by atoms with Crippen LogP contribution in [0, 0.1) is 17.3 Å². The van der Waals surface area contributed by atoms with Gasteiger partial charge >= 0.3 is 5.97 Å². The van der Waals surface area contributed by atoms with Crippen molar-refractivity contribution in [3.8, 4) is 0 Å². The number of hydrogen-bond acceptors (Lipinski definition) is 8. The first kappa shape index (κ1) is 28.2. The molecule has 0 aromatic rings. The fourth-order valence-corrected chi connectivity index (χ4v) is 3.12. The van der Waals surface area contributed by atoms with Gasteiger partial charge in [-0.1, -0.05) is 46.3 Å². The van der Waals surface area contributed by atoms with Gasteiger partial charge in [0.05, 0.1) is 12.5 Å². The SMILES string of the molecule is CO[C@@H](C(=O)C[C@@H](C)C(=O)NCCOC(=O)C1CCC1)[C@H](O)[C@@H](O)[C@H](O)/C=C/C(C)(C)C. The Kier molecular flexibility index (Phi) is 11.5. The molecule has 1 aliphatic carbocycles. The van der Waals surface area contributed by atoms with Gasteiger partial charge < -0.3 is 30.1 Å². The summed E-state index contributed by atoms with van der Waals surface area (Å²) in [6, 6.07) is 0. The lowest BCUT2D eigenvalue weighted by Crippen LogP contribution is -2.48. The highest BCUT2D eigenvalue weighted by Crippen LogP contribution is 2.27. The number of allylic oxidation sites excluding steroid dienone is 1. The summed E-state index contributed by atoms with van der Waals surface area (Å²) in [5.41, 5.74) is -0.236. The molecule has 32 heavy (non-hydrogen) atoms. The number of ketones is 1. The number of hydrogen-bond donors (Lipinski definition) is 4. The van der Waals surface area contributed by atoms with Gasteiger partial charge in [-0.3, -0.25) is 14.4 Å². The first-order chi connectivity index (χ1) is 14.9. The predicted octanol–water partition coefficient (Wildman–Crippen LogP) is 0.741. The van der Waals surface area contributed by atoms with Crippen molar-refractivity contribution in [1.29, 1.82) is 0 Å². The van der Waals surface area contributed by atoms with E-state index in [-0.39, 0.29) is 36.9 Å². The number of aliphatic hydroxyl groups excluding tert-OH is 3. The van der Waals surface area contributed by atoms with Crippen LogP contribution < -0.4 is 5.32 Å².